The summed E-state index contributed by atoms with van der Waals surface area (Å²) < 4.78 is 1.08. The van der Waals surface area contributed by atoms with Gasteiger partial charge >= 0.3 is 11.9 Å². The first-order chi connectivity index (χ1) is 11.7. The predicted molar refractivity (Wildman–Crippen MR) is 94.6 cm³/mol. The van der Waals surface area contributed by atoms with E-state index in [9.17, 15) is 10.1 Å². The van der Waals surface area contributed by atoms with Crippen LogP contribution in [-0.4, -0.2) is 27.1 Å². The Morgan fingerprint density at radius 2 is 1.68 bits per heavy atom. The highest BCUT2D eigenvalue weighted by Crippen LogP contribution is 2.20. The smallest absolute Gasteiger partial charge is 0.414 e. The van der Waals surface area contributed by atoms with Crippen LogP contribution in [0.15, 0.2) is 46.9 Å². The summed E-state index contributed by atoms with van der Waals surface area (Å²) in [5, 5.41) is 28.6. The number of carbonyl (C=O) groups is 2. The Hall–Kier alpha value is -2.94. The average Bonchev–Trinajstić information content (AvgIpc) is 2.56. The second-order valence-corrected chi connectivity index (χ2v) is 5.71. The van der Waals surface area contributed by atoms with E-state index in [1.54, 1.807) is 12.1 Å². The molecule has 0 atom stereocenters. The van der Waals surface area contributed by atoms with Gasteiger partial charge in [-0.3, -0.25) is 10.1 Å². The van der Waals surface area contributed by atoms with Gasteiger partial charge in [0.05, 0.1) is 4.92 Å². The van der Waals surface area contributed by atoms with E-state index in [1.165, 1.54) is 12.1 Å². The van der Waals surface area contributed by atoms with Crippen molar-refractivity contribution >= 4 is 39.2 Å². The largest absolute Gasteiger partial charge is 0.473 e. The fourth-order valence-electron chi connectivity index (χ4n) is 1.69. The molecule has 132 valence electrons. The molecule has 0 fully saturated rings. The zero-order valence-electron chi connectivity index (χ0n) is 13.1. The standard InChI is InChI=1S/C14H13BrN2O2.C2H2O4/c1-10-8-12(4-7-14(10)15)16-9-11-2-5-13(6-3-11)17(18)19;3-1(4)2(5)6/h2-8,16H,9H2,1H3;(H,3,4)(H,5,6). The number of nitrogens with zero attached hydrogens (tertiary/aromatic N) is 1. The third-order valence-electron chi connectivity index (χ3n) is 2.98. The fourth-order valence-corrected chi connectivity index (χ4v) is 1.94. The Balaban J connectivity index is 0.000000450. The van der Waals surface area contributed by atoms with Gasteiger partial charge < -0.3 is 15.5 Å². The van der Waals surface area contributed by atoms with Crippen molar-refractivity contribution in [2.75, 3.05) is 5.32 Å². The highest BCUT2D eigenvalue weighted by Gasteiger charge is 2.04. The normalized spacial score (nSPS) is 9.52. The Morgan fingerprint density at radius 1 is 1.12 bits per heavy atom. The maximum atomic E-state index is 10.5. The molecule has 0 heterocycles. The fraction of sp³-hybridized carbons (Fsp3) is 0.125. The van der Waals surface area contributed by atoms with Crippen LogP contribution < -0.4 is 5.32 Å². The Labute approximate surface area is 151 Å². The van der Waals surface area contributed by atoms with Gasteiger partial charge in [0.2, 0.25) is 0 Å². The molecule has 0 saturated carbocycles. The van der Waals surface area contributed by atoms with E-state index in [4.69, 9.17) is 19.8 Å². The zero-order chi connectivity index (χ0) is 19.0. The molecule has 0 unspecified atom stereocenters. The number of carboxylic acid groups (broad SMARTS) is 2. The lowest BCUT2D eigenvalue weighted by Gasteiger charge is -2.08. The van der Waals surface area contributed by atoms with Crippen LogP contribution in [0.2, 0.25) is 0 Å². The third kappa shape index (κ3) is 7.00. The van der Waals surface area contributed by atoms with Gasteiger partial charge in [0.1, 0.15) is 0 Å². The minimum absolute atomic E-state index is 0.114. The molecular formula is C16H15BrN2O6. The van der Waals surface area contributed by atoms with Crippen molar-refractivity contribution < 1.29 is 24.7 Å². The number of nitro groups is 1. The molecule has 2 aromatic rings. The maximum absolute atomic E-state index is 10.5. The van der Waals surface area contributed by atoms with E-state index >= 15 is 0 Å². The number of rotatable bonds is 4. The number of halogens is 1. The first kappa shape index (κ1) is 20.1. The second kappa shape index (κ2) is 9.38. The zero-order valence-corrected chi connectivity index (χ0v) is 14.7. The van der Waals surface area contributed by atoms with Crippen LogP contribution in [0.5, 0.6) is 0 Å². The van der Waals surface area contributed by atoms with Crippen LogP contribution in [0, 0.1) is 17.0 Å². The average molecular weight is 411 g/mol. The summed E-state index contributed by atoms with van der Waals surface area (Å²) in [6, 6.07) is 12.6. The molecule has 0 amide bonds. The van der Waals surface area contributed by atoms with Crippen LogP contribution in [0.3, 0.4) is 0 Å². The quantitative estimate of drug-likeness (QED) is 0.399. The van der Waals surface area contributed by atoms with E-state index in [2.05, 4.69) is 27.3 Å². The molecule has 2 aromatic carbocycles. The highest BCUT2D eigenvalue weighted by atomic mass is 79.9. The van der Waals surface area contributed by atoms with E-state index in [0.29, 0.717) is 6.54 Å². The van der Waals surface area contributed by atoms with Crippen molar-refractivity contribution in [3.63, 3.8) is 0 Å². The number of nitrogens with one attached hydrogen (secondary N) is 1. The van der Waals surface area contributed by atoms with Gasteiger partial charge in [-0.25, -0.2) is 9.59 Å². The molecule has 8 nitrogen and oxygen atoms in total. The molecule has 3 N–H and O–H groups in total. The molecule has 0 spiro atoms. The molecule has 0 aromatic heterocycles. The molecule has 0 bridgehead atoms. The number of nitro benzene ring substituents is 1. The minimum atomic E-state index is -1.82. The number of hydrogen-bond acceptors (Lipinski definition) is 5. The van der Waals surface area contributed by atoms with E-state index in [-0.39, 0.29) is 5.69 Å². The lowest BCUT2D eigenvalue weighted by molar-refractivity contribution is -0.384. The molecule has 0 aliphatic carbocycles. The van der Waals surface area contributed by atoms with Crippen LogP contribution >= 0.6 is 15.9 Å². The van der Waals surface area contributed by atoms with Gasteiger partial charge in [-0.05, 0) is 36.2 Å². The monoisotopic (exact) mass is 410 g/mol. The lowest BCUT2D eigenvalue weighted by atomic mass is 10.2. The Bertz CT molecular complexity index is 765. The summed E-state index contributed by atoms with van der Waals surface area (Å²) >= 11 is 3.46. The number of carboxylic acids is 2. The Kier molecular flexibility index (Phi) is 7.54. The summed E-state index contributed by atoms with van der Waals surface area (Å²) in [6.07, 6.45) is 0. The molecule has 9 heteroatoms. The molecule has 0 radical (unpaired) electrons. The molecular weight excluding hydrogens is 396 g/mol. The first-order valence-electron chi connectivity index (χ1n) is 6.90. The van der Waals surface area contributed by atoms with Crippen molar-refractivity contribution in [3.05, 3.63) is 68.2 Å². The topological polar surface area (TPSA) is 130 Å². The second-order valence-electron chi connectivity index (χ2n) is 4.85. The van der Waals surface area contributed by atoms with Gasteiger partial charge in [-0.2, -0.15) is 0 Å². The van der Waals surface area contributed by atoms with Crippen molar-refractivity contribution in [2.45, 2.75) is 13.5 Å². The van der Waals surface area contributed by atoms with Crippen molar-refractivity contribution in [1.82, 2.24) is 0 Å². The SMILES string of the molecule is Cc1cc(NCc2ccc([N+](=O)[O-])cc2)ccc1Br.O=C(O)C(=O)O. The van der Waals surface area contributed by atoms with Crippen molar-refractivity contribution in [3.8, 4) is 0 Å². The van der Waals surface area contributed by atoms with Crippen LogP contribution in [0.4, 0.5) is 11.4 Å². The number of anilines is 1. The molecule has 25 heavy (non-hydrogen) atoms. The predicted octanol–water partition coefficient (Wildman–Crippen LogP) is 3.43. The van der Waals surface area contributed by atoms with Crippen LogP contribution in [0.25, 0.3) is 0 Å². The summed E-state index contributed by atoms with van der Waals surface area (Å²) in [6.45, 7) is 2.67. The Morgan fingerprint density at radius 3 is 2.12 bits per heavy atom. The van der Waals surface area contributed by atoms with Gasteiger partial charge in [0.25, 0.3) is 5.69 Å². The number of non-ortho nitro benzene ring substituents is 1. The lowest BCUT2D eigenvalue weighted by Crippen LogP contribution is -2.09. The summed E-state index contributed by atoms with van der Waals surface area (Å²) in [7, 11) is 0. The number of hydrogen-bond donors (Lipinski definition) is 3. The van der Waals surface area contributed by atoms with Gasteiger partial charge in [-0.1, -0.05) is 28.1 Å². The summed E-state index contributed by atoms with van der Waals surface area (Å²) in [4.78, 5) is 28.4. The number of aryl methyl sites for hydroxylation is 1. The number of benzene rings is 2. The van der Waals surface area contributed by atoms with Gasteiger partial charge in [0, 0.05) is 28.8 Å². The van der Waals surface area contributed by atoms with Crippen LogP contribution in [-0.2, 0) is 16.1 Å². The van der Waals surface area contributed by atoms with Crippen molar-refractivity contribution in [1.29, 1.82) is 0 Å². The summed E-state index contributed by atoms with van der Waals surface area (Å²) in [5.74, 6) is -3.65. The van der Waals surface area contributed by atoms with Gasteiger partial charge in [-0.15, -0.1) is 0 Å². The van der Waals surface area contributed by atoms with E-state index < -0.39 is 16.9 Å². The van der Waals surface area contributed by atoms with Gasteiger partial charge in [0.15, 0.2) is 0 Å². The first-order valence-corrected chi connectivity index (χ1v) is 7.69. The number of aliphatic carboxylic acids is 2. The van der Waals surface area contributed by atoms with Crippen molar-refractivity contribution in [2.24, 2.45) is 0 Å². The van der Waals surface area contributed by atoms with Crippen LogP contribution in [0.1, 0.15) is 11.1 Å². The minimum Gasteiger partial charge on any atom is -0.473 e. The molecule has 0 aliphatic heterocycles. The molecule has 2 rings (SSSR count). The maximum Gasteiger partial charge on any atom is 0.414 e. The molecule has 0 saturated heterocycles. The molecule has 0 aliphatic rings. The van der Waals surface area contributed by atoms with E-state index in [1.807, 2.05) is 19.1 Å². The third-order valence-corrected chi connectivity index (χ3v) is 3.87. The summed E-state index contributed by atoms with van der Waals surface area (Å²) in [5.41, 5.74) is 3.31. The van der Waals surface area contributed by atoms with E-state index in [0.717, 1.165) is 21.3 Å². The highest BCUT2D eigenvalue weighted by molar-refractivity contribution is 9.10.